The van der Waals surface area contributed by atoms with E-state index >= 15 is 0 Å². The molecule has 3 rings (SSSR count). The monoisotopic (exact) mass is 422 g/mol. The summed E-state index contributed by atoms with van der Waals surface area (Å²) in [6, 6.07) is 2.70. The van der Waals surface area contributed by atoms with Crippen molar-refractivity contribution in [2.75, 3.05) is 19.0 Å². The van der Waals surface area contributed by atoms with Crippen LogP contribution in [0.3, 0.4) is 0 Å². The van der Waals surface area contributed by atoms with Gasteiger partial charge in [-0.25, -0.2) is 4.98 Å². The molecule has 0 fully saturated rings. The van der Waals surface area contributed by atoms with Crippen LogP contribution in [0.2, 0.25) is 0 Å². The maximum Gasteiger partial charge on any atom is 0.345 e. The van der Waals surface area contributed by atoms with Crippen molar-refractivity contribution < 1.29 is 27.7 Å². The summed E-state index contributed by atoms with van der Waals surface area (Å²) in [6.07, 6.45) is 1.12. The first-order valence-electron chi connectivity index (χ1n) is 8.97. The van der Waals surface area contributed by atoms with Gasteiger partial charge in [0.1, 0.15) is 23.4 Å². The number of ether oxygens (including phenoxy) is 2. The van der Waals surface area contributed by atoms with E-state index in [2.05, 4.69) is 20.2 Å². The van der Waals surface area contributed by atoms with E-state index in [9.17, 15) is 18.9 Å². The van der Waals surface area contributed by atoms with Gasteiger partial charge >= 0.3 is 12.3 Å². The number of halogens is 2. The maximum atomic E-state index is 12.3. The molecule has 0 saturated carbocycles. The van der Waals surface area contributed by atoms with Gasteiger partial charge in [0, 0.05) is 17.0 Å². The molecule has 0 aliphatic rings. The Labute approximate surface area is 170 Å². The lowest BCUT2D eigenvalue weighted by Crippen LogP contribution is -2.23. The molecular formula is C19H20F2N4O5. The Morgan fingerprint density at radius 1 is 1.33 bits per heavy atom. The summed E-state index contributed by atoms with van der Waals surface area (Å²) < 4.78 is 39.7. The average molecular weight is 422 g/mol. The largest absolute Gasteiger partial charge is 0.496 e. The van der Waals surface area contributed by atoms with Gasteiger partial charge in [-0.15, -0.1) is 0 Å². The lowest BCUT2D eigenvalue weighted by atomic mass is 10.00. The first-order chi connectivity index (χ1) is 14.2. The van der Waals surface area contributed by atoms with Crippen LogP contribution in [0.25, 0.3) is 22.0 Å². The second kappa shape index (κ2) is 8.57. The highest BCUT2D eigenvalue weighted by Crippen LogP contribution is 2.41. The Balaban J connectivity index is 2.16. The number of alkyl halides is 2. The Bertz CT molecular complexity index is 1070. The van der Waals surface area contributed by atoms with Crippen molar-refractivity contribution in [2.45, 2.75) is 33.4 Å². The number of nitro groups is 1. The van der Waals surface area contributed by atoms with Crippen molar-refractivity contribution in [2.24, 2.45) is 0 Å². The van der Waals surface area contributed by atoms with Gasteiger partial charge in [0.15, 0.2) is 0 Å². The highest BCUT2D eigenvalue weighted by Gasteiger charge is 2.24. The van der Waals surface area contributed by atoms with Crippen LogP contribution in [0.15, 0.2) is 22.9 Å². The molecule has 0 aliphatic heterocycles. The molecule has 3 aromatic rings. The Hall–Kier alpha value is -3.34. The summed E-state index contributed by atoms with van der Waals surface area (Å²) in [6.45, 7) is 1.85. The molecule has 1 N–H and O–H groups in total. The number of methoxy groups -OCH3 is 1. The standard InChI is InChI=1S/C19H20F2N4O5/c1-9(8-29-19(20)21)23-18-12-6-16(28-4)13(17-10(2)24-30-11(17)3)5-14(12)22-7-15(18)25(26)27/h5-7,9,19H,8H2,1-4H3,(H,22,23). The highest BCUT2D eigenvalue weighted by atomic mass is 19.3. The third kappa shape index (κ3) is 4.15. The average Bonchev–Trinajstić information content (AvgIpc) is 3.03. The fourth-order valence-corrected chi connectivity index (χ4v) is 3.24. The Morgan fingerprint density at radius 2 is 2.07 bits per heavy atom. The molecule has 160 valence electrons. The van der Waals surface area contributed by atoms with Gasteiger partial charge in [-0.2, -0.15) is 8.78 Å². The summed E-state index contributed by atoms with van der Waals surface area (Å²) in [5.41, 5.74) is 2.35. The van der Waals surface area contributed by atoms with Gasteiger partial charge in [0.25, 0.3) is 0 Å². The Morgan fingerprint density at radius 3 is 2.63 bits per heavy atom. The fraction of sp³-hybridized carbons (Fsp3) is 0.368. The molecule has 0 aliphatic carbocycles. The number of nitrogens with zero attached hydrogens (tertiary/aromatic N) is 3. The minimum absolute atomic E-state index is 0.138. The van der Waals surface area contributed by atoms with Gasteiger partial charge < -0.3 is 19.3 Å². The molecule has 2 aromatic heterocycles. The number of hydrogen-bond acceptors (Lipinski definition) is 8. The van der Waals surface area contributed by atoms with Crippen molar-refractivity contribution in [3.8, 4) is 16.9 Å². The Kier molecular flexibility index (Phi) is 6.11. The SMILES string of the molecule is COc1cc2c(NC(C)COC(F)F)c([N+](=O)[O-])cnc2cc1-c1c(C)noc1C. The van der Waals surface area contributed by atoms with Gasteiger partial charge in [0.05, 0.1) is 35.4 Å². The molecule has 9 nitrogen and oxygen atoms in total. The number of pyridine rings is 1. The van der Waals surface area contributed by atoms with Crippen LogP contribution in [0.1, 0.15) is 18.4 Å². The van der Waals surface area contributed by atoms with Crippen molar-refractivity contribution in [3.63, 3.8) is 0 Å². The molecule has 0 amide bonds. The van der Waals surface area contributed by atoms with E-state index in [1.807, 2.05) is 0 Å². The number of rotatable bonds is 8. The van der Waals surface area contributed by atoms with E-state index in [4.69, 9.17) is 9.26 Å². The number of aromatic nitrogens is 2. The molecule has 0 spiro atoms. The summed E-state index contributed by atoms with van der Waals surface area (Å²) in [7, 11) is 1.47. The number of aryl methyl sites for hydroxylation is 2. The van der Waals surface area contributed by atoms with Crippen LogP contribution < -0.4 is 10.1 Å². The van der Waals surface area contributed by atoms with Crippen LogP contribution in [-0.2, 0) is 4.74 Å². The van der Waals surface area contributed by atoms with Crippen molar-refractivity contribution in [3.05, 3.63) is 39.9 Å². The number of benzene rings is 1. The summed E-state index contributed by atoms with van der Waals surface area (Å²) in [5, 5.41) is 18.8. The van der Waals surface area contributed by atoms with E-state index in [1.54, 1.807) is 32.9 Å². The smallest absolute Gasteiger partial charge is 0.345 e. The van der Waals surface area contributed by atoms with Crippen molar-refractivity contribution in [1.29, 1.82) is 0 Å². The highest BCUT2D eigenvalue weighted by molar-refractivity contribution is 6.00. The predicted molar refractivity (Wildman–Crippen MR) is 105 cm³/mol. The van der Waals surface area contributed by atoms with Crippen molar-refractivity contribution >= 4 is 22.3 Å². The molecule has 2 heterocycles. The molecule has 0 radical (unpaired) electrons. The molecule has 1 atom stereocenters. The second-order valence-electron chi connectivity index (χ2n) is 6.68. The molecule has 0 bridgehead atoms. The normalized spacial score (nSPS) is 12.4. The quantitative estimate of drug-likeness (QED) is 0.418. The number of hydrogen-bond donors (Lipinski definition) is 1. The van der Waals surface area contributed by atoms with Crippen LogP contribution >= 0.6 is 0 Å². The van der Waals surface area contributed by atoms with E-state index in [-0.39, 0.29) is 18.0 Å². The van der Waals surface area contributed by atoms with E-state index < -0.39 is 17.6 Å². The fourth-order valence-electron chi connectivity index (χ4n) is 3.24. The minimum atomic E-state index is -2.93. The van der Waals surface area contributed by atoms with Gasteiger partial charge in [-0.3, -0.25) is 10.1 Å². The van der Waals surface area contributed by atoms with Crippen LogP contribution in [0.4, 0.5) is 20.2 Å². The zero-order valence-electron chi connectivity index (χ0n) is 16.7. The number of anilines is 1. The number of fused-ring (bicyclic) bond motifs is 1. The molecular weight excluding hydrogens is 402 g/mol. The molecule has 0 saturated heterocycles. The lowest BCUT2D eigenvalue weighted by Gasteiger charge is -2.18. The van der Waals surface area contributed by atoms with E-state index in [1.165, 1.54) is 7.11 Å². The first-order valence-corrected chi connectivity index (χ1v) is 8.97. The topological polar surface area (TPSA) is 113 Å². The summed E-state index contributed by atoms with van der Waals surface area (Å²) >= 11 is 0. The third-order valence-electron chi connectivity index (χ3n) is 4.53. The van der Waals surface area contributed by atoms with Gasteiger partial charge in [-0.1, -0.05) is 5.16 Å². The van der Waals surface area contributed by atoms with Gasteiger partial charge in [0.2, 0.25) is 0 Å². The second-order valence-corrected chi connectivity index (χ2v) is 6.68. The molecule has 1 aromatic carbocycles. The van der Waals surface area contributed by atoms with Crippen molar-refractivity contribution in [1.82, 2.24) is 10.1 Å². The summed E-state index contributed by atoms with van der Waals surface area (Å²) in [5.74, 6) is 1.02. The zero-order chi connectivity index (χ0) is 22.0. The first kappa shape index (κ1) is 21.4. The molecule has 1 unspecified atom stereocenters. The lowest BCUT2D eigenvalue weighted by molar-refractivity contribution is -0.384. The minimum Gasteiger partial charge on any atom is -0.496 e. The third-order valence-corrected chi connectivity index (χ3v) is 4.53. The predicted octanol–water partition coefficient (Wildman–Crippen LogP) is 4.46. The van der Waals surface area contributed by atoms with Crippen LogP contribution in [-0.4, -0.2) is 41.4 Å². The van der Waals surface area contributed by atoms with Gasteiger partial charge in [-0.05, 0) is 32.9 Å². The maximum absolute atomic E-state index is 12.3. The van der Waals surface area contributed by atoms with E-state index in [0.29, 0.717) is 33.7 Å². The molecule has 11 heteroatoms. The van der Waals surface area contributed by atoms with Crippen LogP contribution in [0.5, 0.6) is 5.75 Å². The van der Waals surface area contributed by atoms with Crippen LogP contribution in [0, 0.1) is 24.0 Å². The zero-order valence-corrected chi connectivity index (χ0v) is 16.7. The van der Waals surface area contributed by atoms with E-state index in [0.717, 1.165) is 11.8 Å². The number of nitrogens with one attached hydrogen (secondary N) is 1. The summed E-state index contributed by atoms with van der Waals surface area (Å²) in [4.78, 5) is 15.2. The molecule has 30 heavy (non-hydrogen) atoms.